The van der Waals surface area contributed by atoms with E-state index in [-0.39, 0.29) is 5.91 Å². The number of aliphatic carboxylic acids is 1. The molecule has 1 amide bonds. The van der Waals surface area contributed by atoms with E-state index in [1.165, 1.54) is 0 Å². The summed E-state index contributed by atoms with van der Waals surface area (Å²) < 4.78 is 1.64. The van der Waals surface area contributed by atoms with Gasteiger partial charge >= 0.3 is 5.97 Å². The van der Waals surface area contributed by atoms with Gasteiger partial charge in [0, 0.05) is 31.8 Å². The lowest BCUT2D eigenvalue weighted by atomic mass is 9.91. The molecule has 2 heterocycles. The van der Waals surface area contributed by atoms with Gasteiger partial charge in [0.2, 0.25) is 5.91 Å². The number of carboxylic acid groups (broad SMARTS) is 1. The molecule has 0 aliphatic carbocycles. The SMILES string of the molecule is CCN1C(=O)CCCC(C(=O)O)C1c1cnn(C)c1. The minimum absolute atomic E-state index is 0.0279. The highest BCUT2D eigenvalue weighted by Crippen LogP contribution is 2.35. The van der Waals surface area contributed by atoms with Crippen molar-refractivity contribution in [1.82, 2.24) is 14.7 Å². The zero-order valence-corrected chi connectivity index (χ0v) is 11.2. The molecule has 0 radical (unpaired) electrons. The van der Waals surface area contributed by atoms with Crippen LogP contribution in [-0.2, 0) is 16.6 Å². The third kappa shape index (κ3) is 2.62. The molecule has 0 saturated carbocycles. The first-order valence-electron chi connectivity index (χ1n) is 6.55. The topological polar surface area (TPSA) is 75.4 Å². The lowest BCUT2D eigenvalue weighted by Gasteiger charge is -2.31. The fourth-order valence-electron chi connectivity index (χ4n) is 2.78. The monoisotopic (exact) mass is 265 g/mol. The highest BCUT2D eigenvalue weighted by Gasteiger charge is 2.38. The Hall–Kier alpha value is -1.85. The number of carbonyl (C=O) groups is 2. The van der Waals surface area contributed by atoms with Gasteiger partial charge in [-0.25, -0.2) is 0 Å². The number of amides is 1. The summed E-state index contributed by atoms with van der Waals surface area (Å²) in [5.74, 6) is -1.38. The van der Waals surface area contributed by atoms with Crippen LogP contribution in [0.1, 0.15) is 37.8 Å². The molecule has 2 atom stereocenters. The smallest absolute Gasteiger partial charge is 0.308 e. The average Bonchev–Trinajstić information content (AvgIpc) is 2.70. The van der Waals surface area contributed by atoms with Crippen LogP contribution in [-0.4, -0.2) is 38.2 Å². The molecule has 2 rings (SSSR count). The molecule has 1 aliphatic heterocycles. The van der Waals surface area contributed by atoms with Crippen LogP contribution < -0.4 is 0 Å². The number of aryl methyl sites for hydroxylation is 1. The zero-order chi connectivity index (χ0) is 14.0. The van der Waals surface area contributed by atoms with Crippen molar-refractivity contribution in [2.45, 2.75) is 32.2 Å². The number of hydrogen-bond acceptors (Lipinski definition) is 3. The highest BCUT2D eigenvalue weighted by molar-refractivity contribution is 5.79. The second-order valence-corrected chi connectivity index (χ2v) is 4.91. The summed E-state index contributed by atoms with van der Waals surface area (Å²) in [7, 11) is 1.79. The van der Waals surface area contributed by atoms with Crippen molar-refractivity contribution in [2.24, 2.45) is 13.0 Å². The van der Waals surface area contributed by atoms with Gasteiger partial charge in [-0.2, -0.15) is 5.10 Å². The fourth-order valence-corrected chi connectivity index (χ4v) is 2.78. The van der Waals surface area contributed by atoms with Crippen molar-refractivity contribution in [2.75, 3.05) is 6.54 Å². The van der Waals surface area contributed by atoms with E-state index in [1.54, 1.807) is 29.0 Å². The van der Waals surface area contributed by atoms with Crippen LogP contribution in [0, 0.1) is 5.92 Å². The van der Waals surface area contributed by atoms with E-state index in [4.69, 9.17) is 0 Å². The molecular formula is C13H19N3O3. The standard InChI is InChI=1S/C13H19N3O3/c1-3-16-11(17)6-4-5-10(13(18)19)12(16)9-7-14-15(2)8-9/h7-8,10,12H,3-6H2,1-2H3,(H,18,19). The van der Waals surface area contributed by atoms with Gasteiger partial charge in [-0.05, 0) is 19.8 Å². The Labute approximate surface area is 112 Å². The van der Waals surface area contributed by atoms with E-state index >= 15 is 0 Å². The van der Waals surface area contributed by atoms with Crippen LogP contribution in [0.5, 0.6) is 0 Å². The number of rotatable bonds is 3. The predicted octanol–water partition coefficient (Wildman–Crippen LogP) is 1.19. The van der Waals surface area contributed by atoms with Crippen molar-refractivity contribution in [3.8, 4) is 0 Å². The minimum atomic E-state index is -0.845. The lowest BCUT2D eigenvalue weighted by molar-refractivity contribution is -0.146. The largest absolute Gasteiger partial charge is 0.481 e. The van der Waals surface area contributed by atoms with Crippen molar-refractivity contribution in [1.29, 1.82) is 0 Å². The van der Waals surface area contributed by atoms with Crippen molar-refractivity contribution in [3.63, 3.8) is 0 Å². The highest BCUT2D eigenvalue weighted by atomic mass is 16.4. The van der Waals surface area contributed by atoms with Crippen LogP contribution in [0.2, 0.25) is 0 Å². The van der Waals surface area contributed by atoms with Crippen molar-refractivity contribution in [3.05, 3.63) is 18.0 Å². The second-order valence-electron chi connectivity index (χ2n) is 4.91. The Morgan fingerprint density at radius 2 is 2.32 bits per heavy atom. The summed E-state index contributed by atoms with van der Waals surface area (Å²) in [4.78, 5) is 25.3. The molecule has 6 heteroatoms. The number of carbonyl (C=O) groups excluding carboxylic acids is 1. The van der Waals surface area contributed by atoms with Gasteiger partial charge in [-0.3, -0.25) is 14.3 Å². The van der Waals surface area contributed by atoms with E-state index in [0.29, 0.717) is 25.8 Å². The predicted molar refractivity (Wildman–Crippen MR) is 68.3 cm³/mol. The van der Waals surface area contributed by atoms with Gasteiger partial charge in [0.1, 0.15) is 0 Å². The molecule has 0 aromatic carbocycles. The van der Waals surface area contributed by atoms with Crippen LogP contribution in [0.3, 0.4) is 0 Å². The summed E-state index contributed by atoms with van der Waals surface area (Å²) in [6, 6.07) is -0.411. The van der Waals surface area contributed by atoms with Crippen LogP contribution in [0.25, 0.3) is 0 Å². The first-order valence-corrected chi connectivity index (χ1v) is 6.55. The first kappa shape index (κ1) is 13.6. The maximum Gasteiger partial charge on any atom is 0.308 e. The second kappa shape index (κ2) is 5.42. The molecule has 1 aliphatic rings. The maximum atomic E-state index is 12.1. The van der Waals surface area contributed by atoms with Crippen molar-refractivity contribution >= 4 is 11.9 Å². The lowest BCUT2D eigenvalue weighted by Crippen LogP contribution is -2.38. The Bertz CT molecular complexity index is 481. The molecule has 1 aromatic heterocycles. The number of carboxylic acids is 1. The molecule has 19 heavy (non-hydrogen) atoms. The maximum absolute atomic E-state index is 12.1. The summed E-state index contributed by atoms with van der Waals surface area (Å²) in [6.45, 7) is 2.40. The van der Waals surface area contributed by atoms with Gasteiger partial charge in [0.05, 0.1) is 18.2 Å². The van der Waals surface area contributed by atoms with Gasteiger partial charge < -0.3 is 10.0 Å². The number of hydrogen-bond donors (Lipinski definition) is 1. The number of likely N-dealkylation sites (tertiary alicyclic amines) is 1. The minimum Gasteiger partial charge on any atom is -0.481 e. The third-order valence-corrected chi connectivity index (χ3v) is 3.67. The van der Waals surface area contributed by atoms with E-state index in [1.807, 2.05) is 6.92 Å². The Balaban J connectivity index is 2.43. The van der Waals surface area contributed by atoms with Crippen LogP contribution >= 0.6 is 0 Å². The molecule has 1 saturated heterocycles. The number of aromatic nitrogens is 2. The summed E-state index contributed by atoms with van der Waals surface area (Å²) in [6.07, 6.45) is 5.03. The molecule has 104 valence electrons. The molecule has 2 unspecified atom stereocenters. The Morgan fingerprint density at radius 3 is 2.84 bits per heavy atom. The van der Waals surface area contributed by atoms with E-state index in [0.717, 1.165) is 5.56 Å². The molecule has 0 bridgehead atoms. The average molecular weight is 265 g/mol. The van der Waals surface area contributed by atoms with E-state index in [2.05, 4.69) is 5.10 Å². The Morgan fingerprint density at radius 1 is 1.58 bits per heavy atom. The third-order valence-electron chi connectivity index (χ3n) is 3.67. The normalized spacial score (nSPS) is 24.3. The van der Waals surface area contributed by atoms with Gasteiger partial charge in [-0.1, -0.05) is 0 Å². The quantitative estimate of drug-likeness (QED) is 0.890. The first-order chi connectivity index (χ1) is 9.04. The summed E-state index contributed by atoms with van der Waals surface area (Å²) >= 11 is 0. The molecule has 1 N–H and O–H groups in total. The van der Waals surface area contributed by atoms with Crippen LogP contribution in [0.15, 0.2) is 12.4 Å². The fraction of sp³-hybridized carbons (Fsp3) is 0.615. The summed E-state index contributed by atoms with van der Waals surface area (Å²) in [5, 5.41) is 13.5. The molecular weight excluding hydrogens is 246 g/mol. The molecule has 6 nitrogen and oxygen atoms in total. The Kier molecular flexibility index (Phi) is 3.87. The van der Waals surface area contributed by atoms with Gasteiger partial charge in [-0.15, -0.1) is 0 Å². The molecule has 0 spiro atoms. The van der Waals surface area contributed by atoms with Gasteiger partial charge in [0.15, 0.2) is 0 Å². The summed E-state index contributed by atoms with van der Waals surface area (Å²) in [5.41, 5.74) is 0.798. The molecule has 1 fully saturated rings. The van der Waals surface area contributed by atoms with Crippen molar-refractivity contribution < 1.29 is 14.7 Å². The van der Waals surface area contributed by atoms with Crippen LogP contribution in [0.4, 0.5) is 0 Å². The van der Waals surface area contributed by atoms with Gasteiger partial charge in [0.25, 0.3) is 0 Å². The number of nitrogens with zero attached hydrogens (tertiary/aromatic N) is 3. The zero-order valence-electron chi connectivity index (χ0n) is 11.2. The van der Waals surface area contributed by atoms with E-state index < -0.39 is 17.9 Å². The molecule has 1 aromatic rings. The van der Waals surface area contributed by atoms with E-state index in [9.17, 15) is 14.7 Å².